The molecule has 2 heterocycles. The van der Waals surface area contributed by atoms with E-state index in [0.29, 0.717) is 32.3 Å². The predicted octanol–water partition coefficient (Wildman–Crippen LogP) is 3.47. The van der Waals surface area contributed by atoms with Gasteiger partial charge in [-0.1, -0.05) is 55.5 Å². The fourth-order valence-corrected chi connectivity index (χ4v) is 5.28. The molecule has 0 unspecified atom stereocenters. The first-order valence-corrected chi connectivity index (χ1v) is 12.5. The van der Waals surface area contributed by atoms with Crippen molar-refractivity contribution in [2.75, 3.05) is 14.2 Å². The number of rotatable bonds is 6. The van der Waals surface area contributed by atoms with Gasteiger partial charge in [0, 0.05) is 6.92 Å². The summed E-state index contributed by atoms with van der Waals surface area (Å²) in [6.45, 7) is 7.26. The Hall–Kier alpha value is -3.98. The molecule has 4 rings (SSSR count). The van der Waals surface area contributed by atoms with E-state index in [0.717, 1.165) is 5.56 Å². The Morgan fingerprint density at radius 3 is 2.38 bits per heavy atom. The van der Waals surface area contributed by atoms with E-state index >= 15 is 0 Å². The third kappa shape index (κ3) is 5.13. The molecular formula is C28H28N2O6S. The number of nitrogens with zero attached hydrogens (tertiary/aromatic N) is 2. The summed E-state index contributed by atoms with van der Waals surface area (Å²) in [5.41, 5.74) is 3.10. The minimum Gasteiger partial charge on any atom is -0.493 e. The fraction of sp³-hybridized carbons (Fsp3) is 0.286. The average molecular weight is 521 g/mol. The summed E-state index contributed by atoms with van der Waals surface area (Å²) in [6, 6.07) is 12.2. The van der Waals surface area contributed by atoms with E-state index < -0.39 is 18.0 Å². The molecule has 8 nitrogen and oxygen atoms in total. The van der Waals surface area contributed by atoms with Gasteiger partial charge in [0.1, 0.15) is 0 Å². The number of thiazole rings is 1. The number of hydrogen-bond donors (Lipinski definition) is 0. The van der Waals surface area contributed by atoms with Gasteiger partial charge in [0.25, 0.3) is 5.56 Å². The lowest BCUT2D eigenvalue weighted by Crippen LogP contribution is -2.39. The van der Waals surface area contributed by atoms with Crippen LogP contribution in [0, 0.1) is 0 Å². The minimum absolute atomic E-state index is 0.233. The third-order valence-electron chi connectivity index (χ3n) is 6.08. The van der Waals surface area contributed by atoms with E-state index in [1.54, 1.807) is 25.1 Å². The zero-order chi connectivity index (χ0) is 26.9. The van der Waals surface area contributed by atoms with Gasteiger partial charge in [0.2, 0.25) is 0 Å². The van der Waals surface area contributed by atoms with E-state index in [4.69, 9.17) is 14.2 Å². The summed E-state index contributed by atoms with van der Waals surface area (Å²) < 4.78 is 17.7. The minimum atomic E-state index is -0.811. The van der Waals surface area contributed by atoms with Crippen LogP contribution in [-0.4, -0.2) is 30.7 Å². The maximum atomic E-state index is 13.7. The van der Waals surface area contributed by atoms with Gasteiger partial charge >= 0.3 is 11.9 Å². The second-order valence-corrected chi connectivity index (χ2v) is 9.91. The number of aromatic nitrogens is 1. The fourth-order valence-electron chi connectivity index (χ4n) is 4.23. The maximum Gasteiger partial charge on any atom is 0.338 e. The highest BCUT2D eigenvalue weighted by molar-refractivity contribution is 7.07. The van der Waals surface area contributed by atoms with Crippen LogP contribution in [0.25, 0.3) is 6.08 Å². The van der Waals surface area contributed by atoms with Crippen molar-refractivity contribution in [3.8, 4) is 11.5 Å². The zero-order valence-electron chi connectivity index (χ0n) is 21.5. The van der Waals surface area contributed by atoms with Crippen molar-refractivity contribution in [2.24, 2.45) is 4.99 Å². The Balaban J connectivity index is 1.91. The average Bonchev–Trinajstić information content (AvgIpc) is 3.17. The molecule has 192 valence electrons. The van der Waals surface area contributed by atoms with Crippen LogP contribution in [0.4, 0.5) is 0 Å². The summed E-state index contributed by atoms with van der Waals surface area (Å²) in [5, 5.41) is 0. The summed E-state index contributed by atoms with van der Waals surface area (Å²) >= 11 is 1.25. The van der Waals surface area contributed by atoms with Crippen LogP contribution in [-0.2, 0) is 14.3 Å². The van der Waals surface area contributed by atoms with E-state index in [9.17, 15) is 14.4 Å². The van der Waals surface area contributed by atoms with Crippen molar-refractivity contribution in [3.05, 3.63) is 90.1 Å². The summed E-state index contributed by atoms with van der Waals surface area (Å²) in [5.74, 6) is -0.155. The van der Waals surface area contributed by atoms with Crippen LogP contribution in [0.2, 0.25) is 0 Å². The Bertz CT molecular complexity index is 1580. The normalized spacial score (nSPS) is 15.3. The number of methoxy groups -OCH3 is 2. The number of esters is 2. The number of carbonyl (C=O) groups excluding carboxylic acids is 2. The van der Waals surface area contributed by atoms with Crippen molar-refractivity contribution in [1.82, 2.24) is 4.57 Å². The van der Waals surface area contributed by atoms with E-state index in [2.05, 4.69) is 18.8 Å². The van der Waals surface area contributed by atoms with Gasteiger partial charge in [-0.2, -0.15) is 0 Å². The van der Waals surface area contributed by atoms with Gasteiger partial charge in [-0.25, -0.2) is 9.79 Å². The molecule has 0 bridgehead atoms. The molecular weight excluding hydrogens is 492 g/mol. The molecule has 1 aromatic heterocycles. The summed E-state index contributed by atoms with van der Waals surface area (Å²) in [6.07, 6.45) is 1.83. The molecule has 1 aliphatic rings. The quantitative estimate of drug-likeness (QED) is 0.365. The van der Waals surface area contributed by atoms with E-state index in [1.807, 2.05) is 30.3 Å². The number of benzene rings is 2. The maximum absolute atomic E-state index is 13.7. The third-order valence-corrected chi connectivity index (χ3v) is 7.07. The molecule has 0 spiro atoms. The predicted molar refractivity (Wildman–Crippen MR) is 141 cm³/mol. The molecule has 0 amide bonds. The van der Waals surface area contributed by atoms with E-state index in [1.165, 1.54) is 42.6 Å². The zero-order valence-corrected chi connectivity index (χ0v) is 22.3. The number of allylic oxidation sites excluding steroid dienone is 1. The molecule has 1 atom stereocenters. The number of hydrogen-bond acceptors (Lipinski definition) is 8. The Kier molecular flexibility index (Phi) is 7.45. The smallest absolute Gasteiger partial charge is 0.338 e. The van der Waals surface area contributed by atoms with Crippen LogP contribution < -0.4 is 24.4 Å². The van der Waals surface area contributed by atoms with E-state index in [-0.39, 0.29) is 16.9 Å². The molecule has 0 radical (unpaired) electrons. The lowest BCUT2D eigenvalue weighted by molar-refractivity contribution is -0.136. The second kappa shape index (κ2) is 10.6. The molecule has 0 N–H and O–H groups in total. The summed E-state index contributed by atoms with van der Waals surface area (Å²) in [4.78, 5) is 43.1. The highest BCUT2D eigenvalue weighted by Crippen LogP contribution is 2.36. The standard InChI is InChI=1S/C28H28N2O6S/c1-15(2)19-9-7-18(8-10-19)13-23-26(32)30-25(24(27(33)35-6)16(3)29-28(30)37-23)20-11-12-21(36-17(4)31)22(14-20)34-5/h7-15,25H,1-6H3/b23-13+/t25-/m1/s1. The van der Waals surface area contributed by atoms with Crippen LogP contribution in [0.5, 0.6) is 11.5 Å². The Labute approximate surface area is 218 Å². The SMILES string of the molecule is COC(=O)C1=C(C)N=c2s/c(=C/c3ccc(C(C)C)cc3)c(=O)n2[C@@H]1c1ccc(OC(C)=O)c(OC)c1. The largest absolute Gasteiger partial charge is 0.493 e. The first-order valence-electron chi connectivity index (χ1n) is 11.7. The van der Waals surface area contributed by atoms with Crippen molar-refractivity contribution >= 4 is 29.4 Å². The molecule has 37 heavy (non-hydrogen) atoms. The van der Waals surface area contributed by atoms with Gasteiger partial charge in [-0.3, -0.25) is 14.2 Å². The highest BCUT2D eigenvalue weighted by atomic mass is 32.1. The molecule has 3 aromatic rings. The van der Waals surface area contributed by atoms with Crippen LogP contribution in [0.1, 0.15) is 56.3 Å². The van der Waals surface area contributed by atoms with Gasteiger partial charge < -0.3 is 14.2 Å². The van der Waals surface area contributed by atoms with Gasteiger partial charge in [0.05, 0.1) is 36.1 Å². The van der Waals surface area contributed by atoms with Crippen molar-refractivity contribution in [3.63, 3.8) is 0 Å². The van der Waals surface area contributed by atoms with Crippen LogP contribution in [0.15, 0.2) is 63.5 Å². The molecule has 0 saturated heterocycles. The van der Waals surface area contributed by atoms with Crippen LogP contribution in [0.3, 0.4) is 0 Å². The van der Waals surface area contributed by atoms with Crippen LogP contribution >= 0.6 is 11.3 Å². The second-order valence-electron chi connectivity index (χ2n) is 8.90. The summed E-state index contributed by atoms with van der Waals surface area (Å²) in [7, 11) is 2.74. The van der Waals surface area contributed by atoms with Gasteiger partial charge in [0.15, 0.2) is 16.3 Å². The number of ether oxygens (including phenoxy) is 3. The number of carbonyl (C=O) groups is 2. The molecule has 9 heteroatoms. The lowest BCUT2D eigenvalue weighted by atomic mass is 9.95. The van der Waals surface area contributed by atoms with Crippen molar-refractivity contribution < 1.29 is 23.8 Å². The van der Waals surface area contributed by atoms with Crippen molar-refractivity contribution in [1.29, 1.82) is 0 Å². The monoisotopic (exact) mass is 520 g/mol. The van der Waals surface area contributed by atoms with Gasteiger partial charge in [-0.05, 0) is 47.7 Å². The van der Waals surface area contributed by atoms with Gasteiger partial charge in [-0.15, -0.1) is 0 Å². The molecule has 1 aliphatic heterocycles. The Morgan fingerprint density at radius 2 is 1.78 bits per heavy atom. The topological polar surface area (TPSA) is 96.2 Å². The molecule has 0 fully saturated rings. The molecule has 0 saturated carbocycles. The first-order chi connectivity index (χ1) is 17.6. The highest BCUT2D eigenvalue weighted by Gasteiger charge is 2.33. The molecule has 0 aliphatic carbocycles. The number of fused-ring (bicyclic) bond motifs is 1. The Morgan fingerprint density at radius 1 is 1.08 bits per heavy atom. The van der Waals surface area contributed by atoms with Crippen molar-refractivity contribution in [2.45, 2.75) is 39.7 Å². The lowest BCUT2D eigenvalue weighted by Gasteiger charge is -2.25. The molecule has 2 aromatic carbocycles. The first kappa shape index (κ1) is 26.1.